The first kappa shape index (κ1) is 8.51. The number of hydrogen-bond donors (Lipinski definition) is 2. The molecule has 1 saturated heterocycles. The number of nitrogens with one attached hydrogen (secondary N) is 2. The summed E-state index contributed by atoms with van der Waals surface area (Å²) in [4.78, 5) is 14.7. The van der Waals surface area contributed by atoms with E-state index in [4.69, 9.17) is 0 Å². The van der Waals surface area contributed by atoms with Gasteiger partial charge in [0.1, 0.15) is 0 Å². The molecule has 2 heterocycles. The van der Waals surface area contributed by atoms with Crippen molar-refractivity contribution in [2.24, 2.45) is 5.92 Å². The zero-order chi connectivity index (χ0) is 9.10. The molecule has 0 amide bonds. The molecule has 0 radical (unpaired) electrons. The van der Waals surface area contributed by atoms with E-state index in [1.165, 1.54) is 0 Å². The lowest BCUT2D eigenvalue weighted by Crippen LogP contribution is -2.31. The van der Waals surface area contributed by atoms with E-state index in [-0.39, 0.29) is 5.92 Å². The zero-order valence-corrected chi connectivity index (χ0v) is 7.55. The van der Waals surface area contributed by atoms with Crippen LogP contribution in [0.1, 0.15) is 23.2 Å². The molecule has 1 aliphatic rings. The summed E-state index contributed by atoms with van der Waals surface area (Å²) in [6.07, 6.45) is 5.53. The Morgan fingerprint density at radius 1 is 1.38 bits per heavy atom. The van der Waals surface area contributed by atoms with Crippen molar-refractivity contribution in [3.63, 3.8) is 0 Å². The third kappa shape index (κ3) is 1.80. The molecular formula is C10H14N2O. The molecule has 0 aromatic carbocycles. The number of aromatic amines is 1. The number of H-pyrrole nitrogens is 1. The van der Waals surface area contributed by atoms with Crippen LogP contribution in [0.25, 0.3) is 0 Å². The highest BCUT2D eigenvalue weighted by Gasteiger charge is 2.21. The van der Waals surface area contributed by atoms with Crippen molar-refractivity contribution in [2.75, 3.05) is 13.1 Å². The molecule has 70 valence electrons. The van der Waals surface area contributed by atoms with E-state index in [0.29, 0.717) is 5.78 Å². The van der Waals surface area contributed by atoms with Crippen LogP contribution in [0, 0.1) is 5.92 Å². The number of ketones is 1. The van der Waals surface area contributed by atoms with Gasteiger partial charge in [-0.15, -0.1) is 0 Å². The van der Waals surface area contributed by atoms with E-state index in [1.807, 2.05) is 6.07 Å². The fourth-order valence-corrected chi connectivity index (χ4v) is 1.80. The molecule has 13 heavy (non-hydrogen) atoms. The maximum Gasteiger partial charge on any atom is 0.167 e. The van der Waals surface area contributed by atoms with Gasteiger partial charge in [-0.3, -0.25) is 4.79 Å². The van der Waals surface area contributed by atoms with E-state index >= 15 is 0 Å². The summed E-state index contributed by atoms with van der Waals surface area (Å²) in [5, 5.41) is 3.25. The van der Waals surface area contributed by atoms with E-state index in [2.05, 4.69) is 10.3 Å². The largest absolute Gasteiger partial charge is 0.367 e. The number of carbonyl (C=O) groups is 1. The molecule has 1 aromatic rings. The number of Topliss-reactive ketones (excluding diaryl/α,β-unsaturated/α-hetero) is 1. The van der Waals surface area contributed by atoms with Crippen LogP contribution in [0.15, 0.2) is 18.5 Å². The Kier molecular flexibility index (Phi) is 2.45. The smallest absolute Gasteiger partial charge is 0.167 e. The molecule has 0 atom stereocenters. The minimum absolute atomic E-state index is 0.233. The van der Waals surface area contributed by atoms with Crippen LogP contribution >= 0.6 is 0 Å². The first-order valence-electron chi connectivity index (χ1n) is 4.75. The molecule has 2 rings (SSSR count). The maximum absolute atomic E-state index is 11.8. The van der Waals surface area contributed by atoms with Gasteiger partial charge in [0.15, 0.2) is 5.78 Å². The van der Waals surface area contributed by atoms with Crippen LogP contribution in [-0.4, -0.2) is 23.9 Å². The highest BCUT2D eigenvalue weighted by molar-refractivity contribution is 5.97. The van der Waals surface area contributed by atoms with Crippen molar-refractivity contribution >= 4 is 5.78 Å². The van der Waals surface area contributed by atoms with Crippen LogP contribution in [0.4, 0.5) is 0 Å². The summed E-state index contributed by atoms with van der Waals surface area (Å²) >= 11 is 0. The summed E-state index contributed by atoms with van der Waals surface area (Å²) < 4.78 is 0. The molecule has 1 aliphatic heterocycles. The van der Waals surface area contributed by atoms with Gasteiger partial charge in [-0.05, 0) is 32.0 Å². The molecule has 0 unspecified atom stereocenters. The molecule has 1 aromatic heterocycles. The lowest BCUT2D eigenvalue weighted by atomic mass is 9.91. The second-order valence-corrected chi connectivity index (χ2v) is 3.49. The van der Waals surface area contributed by atoms with E-state index in [1.54, 1.807) is 12.4 Å². The Bertz CT molecular complexity index is 273. The van der Waals surface area contributed by atoms with Gasteiger partial charge < -0.3 is 10.3 Å². The number of rotatable bonds is 2. The highest BCUT2D eigenvalue weighted by Crippen LogP contribution is 2.17. The molecule has 3 heteroatoms. The van der Waals surface area contributed by atoms with E-state index in [9.17, 15) is 4.79 Å². The second-order valence-electron chi connectivity index (χ2n) is 3.49. The van der Waals surface area contributed by atoms with Crippen molar-refractivity contribution in [1.82, 2.24) is 10.3 Å². The fraction of sp³-hybridized carbons (Fsp3) is 0.500. The van der Waals surface area contributed by atoms with Gasteiger partial charge in [-0.2, -0.15) is 0 Å². The molecule has 0 bridgehead atoms. The summed E-state index contributed by atoms with van der Waals surface area (Å²) in [5.41, 5.74) is 0.826. The Morgan fingerprint density at radius 2 is 2.15 bits per heavy atom. The molecule has 1 fully saturated rings. The highest BCUT2D eigenvalue weighted by atomic mass is 16.1. The Balaban J connectivity index is 2.04. The number of piperidine rings is 1. The van der Waals surface area contributed by atoms with Crippen molar-refractivity contribution < 1.29 is 4.79 Å². The molecule has 0 aliphatic carbocycles. The van der Waals surface area contributed by atoms with Gasteiger partial charge in [-0.25, -0.2) is 0 Å². The molecule has 0 saturated carbocycles. The number of carbonyl (C=O) groups excluding carboxylic acids is 1. The van der Waals surface area contributed by atoms with Gasteiger partial charge in [-0.1, -0.05) is 0 Å². The van der Waals surface area contributed by atoms with Crippen LogP contribution in [0.5, 0.6) is 0 Å². The summed E-state index contributed by atoms with van der Waals surface area (Å²) in [6, 6.07) is 1.85. The number of hydrogen-bond acceptors (Lipinski definition) is 2. The maximum atomic E-state index is 11.8. The van der Waals surface area contributed by atoms with Gasteiger partial charge in [0.2, 0.25) is 0 Å². The minimum Gasteiger partial charge on any atom is -0.367 e. The molecule has 0 spiro atoms. The van der Waals surface area contributed by atoms with Crippen molar-refractivity contribution in [1.29, 1.82) is 0 Å². The third-order valence-electron chi connectivity index (χ3n) is 2.59. The van der Waals surface area contributed by atoms with Gasteiger partial charge in [0.05, 0.1) is 0 Å². The van der Waals surface area contributed by atoms with Crippen LogP contribution in [0.2, 0.25) is 0 Å². The zero-order valence-electron chi connectivity index (χ0n) is 7.55. The Labute approximate surface area is 77.5 Å². The Morgan fingerprint density at radius 3 is 2.77 bits per heavy atom. The SMILES string of the molecule is O=C(c1cc[nH]c1)C1CCNCC1. The second kappa shape index (κ2) is 3.75. The van der Waals surface area contributed by atoms with E-state index in [0.717, 1.165) is 31.5 Å². The van der Waals surface area contributed by atoms with Crippen LogP contribution in [0.3, 0.4) is 0 Å². The standard InChI is InChI=1S/C10H14N2O/c13-10(9-3-6-12-7-9)8-1-4-11-5-2-8/h3,6-8,11-12H,1-2,4-5H2. The predicted molar refractivity (Wildman–Crippen MR) is 50.7 cm³/mol. The molecular weight excluding hydrogens is 164 g/mol. The summed E-state index contributed by atoms with van der Waals surface area (Å²) in [6.45, 7) is 1.95. The molecule has 2 N–H and O–H groups in total. The normalized spacial score (nSPS) is 18.8. The van der Waals surface area contributed by atoms with Crippen molar-refractivity contribution in [3.05, 3.63) is 24.0 Å². The average Bonchev–Trinajstić information content (AvgIpc) is 2.71. The van der Waals surface area contributed by atoms with E-state index < -0.39 is 0 Å². The summed E-state index contributed by atoms with van der Waals surface area (Å²) in [7, 11) is 0. The minimum atomic E-state index is 0.233. The first-order valence-corrected chi connectivity index (χ1v) is 4.75. The first-order chi connectivity index (χ1) is 6.38. The fourth-order valence-electron chi connectivity index (χ4n) is 1.80. The van der Waals surface area contributed by atoms with Crippen molar-refractivity contribution in [3.8, 4) is 0 Å². The van der Waals surface area contributed by atoms with Crippen LogP contribution < -0.4 is 5.32 Å². The van der Waals surface area contributed by atoms with Crippen molar-refractivity contribution in [2.45, 2.75) is 12.8 Å². The quantitative estimate of drug-likeness (QED) is 0.668. The van der Waals surface area contributed by atoms with Crippen LogP contribution in [-0.2, 0) is 0 Å². The monoisotopic (exact) mass is 178 g/mol. The van der Waals surface area contributed by atoms with Gasteiger partial charge in [0.25, 0.3) is 0 Å². The van der Waals surface area contributed by atoms with Gasteiger partial charge in [0, 0.05) is 23.9 Å². The Hall–Kier alpha value is -1.09. The topological polar surface area (TPSA) is 44.9 Å². The van der Waals surface area contributed by atoms with Gasteiger partial charge >= 0.3 is 0 Å². The predicted octanol–water partition coefficient (Wildman–Crippen LogP) is 1.20. The number of aromatic nitrogens is 1. The lowest BCUT2D eigenvalue weighted by molar-refractivity contribution is 0.0895. The third-order valence-corrected chi connectivity index (χ3v) is 2.59. The lowest BCUT2D eigenvalue weighted by Gasteiger charge is -2.20. The molecule has 3 nitrogen and oxygen atoms in total. The average molecular weight is 178 g/mol. The summed E-state index contributed by atoms with van der Waals surface area (Å²) in [5.74, 6) is 0.528.